The van der Waals surface area contributed by atoms with E-state index >= 15 is 0 Å². The Morgan fingerprint density at radius 3 is 2.42 bits per heavy atom. The Bertz CT molecular complexity index is 497. The van der Waals surface area contributed by atoms with Crippen LogP contribution in [0.4, 0.5) is 0 Å². The SMILES string of the molecule is Cl.O=C(CNCC1CC1)NCc1ccc(OC2CCCCC2)cc1. The van der Waals surface area contributed by atoms with Crippen LogP contribution >= 0.6 is 12.4 Å². The van der Waals surface area contributed by atoms with Gasteiger partial charge in [0.1, 0.15) is 5.75 Å². The van der Waals surface area contributed by atoms with Crippen LogP contribution in [0.5, 0.6) is 5.75 Å². The minimum absolute atomic E-state index is 0. The largest absolute Gasteiger partial charge is 0.490 e. The van der Waals surface area contributed by atoms with Gasteiger partial charge in [0.25, 0.3) is 0 Å². The second-order valence-electron chi connectivity index (χ2n) is 6.87. The van der Waals surface area contributed by atoms with Crippen molar-refractivity contribution in [3.05, 3.63) is 29.8 Å². The zero-order valence-corrected chi connectivity index (χ0v) is 15.1. The van der Waals surface area contributed by atoms with Crippen LogP contribution in [-0.2, 0) is 11.3 Å². The Kier molecular flexibility index (Phi) is 7.86. The van der Waals surface area contributed by atoms with Gasteiger partial charge < -0.3 is 15.4 Å². The van der Waals surface area contributed by atoms with Crippen LogP contribution < -0.4 is 15.4 Å². The molecule has 2 aliphatic carbocycles. The molecule has 2 fully saturated rings. The smallest absolute Gasteiger partial charge is 0.234 e. The monoisotopic (exact) mass is 352 g/mol. The van der Waals surface area contributed by atoms with Crippen LogP contribution in [0.25, 0.3) is 0 Å². The van der Waals surface area contributed by atoms with Crippen LogP contribution in [0.2, 0.25) is 0 Å². The van der Waals surface area contributed by atoms with Crippen LogP contribution in [0.15, 0.2) is 24.3 Å². The quantitative estimate of drug-likeness (QED) is 0.753. The molecule has 0 saturated heterocycles. The number of carbonyl (C=O) groups is 1. The first kappa shape index (κ1) is 19.1. The van der Waals surface area contributed by atoms with E-state index in [1.807, 2.05) is 24.3 Å². The van der Waals surface area contributed by atoms with Crippen molar-refractivity contribution in [2.45, 2.75) is 57.6 Å². The maximum atomic E-state index is 11.7. The molecule has 0 atom stereocenters. The van der Waals surface area contributed by atoms with Gasteiger partial charge in [-0.05, 0) is 68.7 Å². The van der Waals surface area contributed by atoms with Crippen molar-refractivity contribution >= 4 is 18.3 Å². The summed E-state index contributed by atoms with van der Waals surface area (Å²) in [5, 5.41) is 6.16. The van der Waals surface area contributed by atoms with E-state index in [1.165, 1.54) is 44.9 Å². The van der Waals surface area contributed by atoms with Crippen molar-refractivity contribution in [1.82, 2.24) is 10.6 Å². The third-order valence-corrected chi connectivity index (χ3v) is 4.68. The van der Waals surface area contributed by atoms with E-state index in [4.69, 9.17) is 4.74 Å². The van der Waals surface area contributed by atoms with Crippen molar-refractivity contribution in [1.29, 1.82) is 0 Å². The summed E-state index contributed by atoms with van der Waals surface area (Å²) in [5.74, 6) is 1.81. The lowest BCUT2D eigenvalue weighted by atomic mass is 9.98. The summed E-state index contributed by atoms with van der Waals surface area (Å²) in [4.78, 5) is 11.7. The molecule has 24 heavy (non-hydrogen) atoms. The maximum absolute atomic E-state index is 11.7. The molecule has 0 aromatic heterocycles. The van der Waals surface area contributed by atoms with Gasteiger partial charge in [-0.3, -0.25) is 4.79 Å². The molecule has 134 valence electrons. The Balaban J connectivity index is 0.00000208. The van der Waals surface area contributed by atoms with Gasteiger partial charge in [0, 0.05) is 6.54 Å². The van der Waals surface area contributed by atoms with Gasteiger partial charge >= 0.3 is 0 Å². The van der Waals surface area contributed by atoms with Crippen molar-refractivity contribution in [3.63, 3.8) is 0 Å². The minimum Gasteiger partial charge on any atom is -0.490 e. The summed E-state index contributed by atoms with van der Waals surface area (Å²) in [6.45, 7) is 1.97. The molecule has 1 aromatic rings. The second kappa shape index (κ2) is 9.90. The van der Waals surface area contributed by atoms with Crippen LogP contribution in [-0.4, -0.2) is 25.1 Å². The number of hydrogen-bond acceptors (Lipinski definition) is 3. The van der Waals surface area contributed by atoms with E-state index in [9.17, 15) is 4.79 Å². The molecular formula is C19H29ClN2O2. The Morgan fingerprint density at radius 1 is 1.04 bits per heavy atom. The fourth-order valence-electron chi connectivity index (χ4n) is 3.04. The molecule has 3 rings (SSSR count). The number of ether oxygens (including phenoxy) is 1. The summed E-state index contributed by atoms with van der Waals surface area (Å²) in [5.41, 5.74) is 1.11. The van der Waals surface area contributed by atoms with E-state index in [0.29, 0.717) is 19.2 Å². The fraction of sp³-hybridized carbons (Fsp3) is 0.632. The van der Waals surface area contributed by atoms with Gasteiger partial charge in [-0.15, -0.1) is 12.4 Å². The summed E-state index contributed by atoms with van der Waals surface area (Å²) >= 11 is 0. The lowest BCUT2D eigenvalue weighted by Crippen LogP contribution is -2.34. The van der Waals surface area contributed by atoms with Crippen molar-refractivity contribution in [2.75, 3.05) is 13.1 Å². The number of benzene rings is 1. The topological polar surface area (TPSA) is 50.4 Å². The molecule has 0 unspecified atom stereocenters. The zero-order chi connectivity index (χ0) is 15.9. The number of halogens is 1. The lowest BCUT2D eigenvalue weighted by Gasteiger charge is -2.23. The van der Waals surface area contributed by atoms with Crippen LogP contribution in [0, 0.1) is 5.92 Å². The summed E-state index contributed by atoms with van der Waals surface area (Å²) in [7, 11) is 0. The minimum atomic E-state index is 0. The molecule has 1 amide bonds. The number of nitrogens with one attached hydrogen (secondary N) is 2. The van der Waals surface area contributed by atoms with Gasteiger partial charge in [-0.1, -0.05) is 18.6 Å². The van der Waals surface area contributed by atoms with Gasteiger partial charge in [-0.25, -0.2) is 0 Å². The van der Waals surface area contributed by atoms with E-state index < -0.39 is 0 Å². The molecule has 0 bridgehead atoms. The maximum Gasteiger partial charge on any atom is 0.234 e. The molecule has 0 heterocycles. The molecular weight excluding hydrogens is 324 g/mol. The molecule has 4 nitrogen and oxygen atoms in total. The Hall–Kier alpha value is -1.26. The molecule has 2 N–H and O–H groups in total. The van der Waals surface area contributed by atoms with Gasteiger partial charge in [0.05, 0.1) is 12.6 Å². The average Bonchev–Trinajstić information content (AvgIpc) is 3.39. The third kappa shape index (κ3) is 6.70. The predicted molar refractivity (Wildman–Crippen MR) is 98.6 cm³/mol. The first-order valence-corrected chi connectivity index (χ1v) is 9.02. The predicted octanol–water partition coefficient (Wildman–Crippen LogP) is 3.44. The zero-order valence-electron chi connectivity index (χ0n) is 14.3. The Labute approximate surface area is 151 Å². The Morgan fingerprint density at radius 2 is 1.75 bits per heavy atom. The summed E-state index contributed by atoms with van der Waals surface area (Å²) in [6, 6.07) is 8.11. The highest BCUT2D eigenvalue weighted by Gasteiger charge is 2.20. The third-order valence-electron chi connectivity index (χ3n) is 4.68. The molecule has 2 aliphatic rings. The molecule has 0 spiro atoms. The first-order valence-electron chi connectivity index (χ1n) is 9.02. The average molecular weight is 353 g/mol. The highest BCUT2D eigenvalue weighted by atomic mass is 35.5. The number of rotatable bonds is 8. The molecule has 2 saturated carbocycles. The fourth-order valence-corrected chi connectivity index (χ4v) is 3.04. The standard InChI is InChI=1S/C19H28N2O2.ClH/c22-19(14-20-12-15-6-7-15)21-13-16-8-10-18(11-9-16)23-17-4-2-1-3-5-17;/h8-11,15,17,20H,1-7,12-14H2,(H,21,22);1H. The van der Waals surface area contributed by atoms with Gasteiger partial charge in [0.2, 0.25) is 5.91 Å². The highest BCUT2D eigenvalue weighted by Crippen LogP contribution is 2.27. The lowest BCUT2D eigenvalue weighted by molar-refractivity contribution is -0.120. The van der Waals surface area contributed by atoms with Crippen LogP contribution in [0.1, 0.15) is 50.5 Å². The molecule has 0 aliphatic heterocycles. The summed E-state index contributed by atoms with van der Waals surface area (Å²) in [6.07, 6.45) is 9.25. The van der Waals surface area contributed by atoms with E-state index in [1.54, 1.807) is 0 Å². The highest BCUT2D eigenvalue weighted by molar-refractivity contribution is 5.85. The second-order valence-corrected chi connectivity index (χ2v) is 6.87. The van der Waals surface area contributed by atoms with Crippen LogP contribution in [0.3, 0.4) is 0 Å². The van der Waals surface area contributed by atoms with Crippen molar-refractivity contribution in [3.8, 4) is 5.75 Å². The van der Waals surface area contributed by atoms with Crippen molar-refractivity contribution < 1.29 is 9.53 Å². The van der Waals surface area contributed by atoms with E-state index in [0.717, 1.165) is 23.8 Å². The molecule has 0 radical (unpaired) electrons. The summed E-state index contributed by atoms with van der Waals surface area (Å²) < 4.78 is 6.02. The van der Waals surface area contributed by atoms with Crippen molar-refractivity contribution in [2.24, 2.45) is 5.92 Å². The van der Waals surface area contributed by atoms with Gasteiger partial charge in [0.15, 0.2) is 0 Å². The number of hydrogen-bond donors (Lipinski definition) is 2. The van der Waals surface area contributed by atoms with E-state index in [2.05, 4.69) is 10.6 Å². The molecule has 5 heteroatoms. The first-order chi connectivity index (χ1) is 11.3. The number of carbonyl (C=O) groups excluding carboxylic acids is 1. The number of amides is 1. The van der Waals surface area contributed by atoms with Gasteiger partial charge in [-0.2, -0.15) is 0 Å². The van der Waals surface area contributed by atoms with E-state index in [-0.39, 0.29) is 18.3 Å². The normalized spacial score (nSPS) is 17.8. The molecule has 1 aromatic carbocycles.